The molecule has 0 N–H and O–H groups in total. The van der Waals surface area contributed by atoms with Crippen molar-refractivity contribution in [2.24, 2.45) is 0 Å². The van der Waals surface area contributed by atoms with Gasteiger partial charge in [0.15, 0.2) is 5.65 Å². The summed E-state index contributed by atoms with van der Waals surface area (Å²) in [5, 5.41) is 0.362. The molecular formula is C28H30ClFN6O2. The Bertz CT molecular complexity index is 1420. The summed E-state index contributed by atoms with van der Waals surface area (Å²) in [5.74, 6) is 1.96. The second kappa shape index (κ2) is 10.8. The predicted molar refractivity (Wildman–Crippen MR) is 144 cm³/mol. The number of imidazole rings is 1. The van der Waals surface area contributed by atoms with E-state index in [1.54, 1.807) is 18.2 Å². The van der Waals surface area contributed by atoms with Gasteiger partial charge in [0.05, 0.1) is 18.7 Å². The minimum Gasteiger partial charge on any atom is -0.473 e. The standard InChI is InChI=1S/C28H30ClFN6O2/c1-19(27-32-24-4-3-10-31-28(24)36(27)17-22-9-15-37-22)34-11-13-35(14-12-34)25-5-2-6-26(33-25)38-18-20-7-8-21(29)16-23(20)30/h2-8,10,16,19,22H,9,11-15,17-18H2,1H3/t19-,22-/m0/s1. The molecule has 2 aliphatic rings. The van der Waals surface area contributed by atoms with Gasteiger partial charge in [0.1, 0.15) is 29.6 Å². The van der Waals surface area contributed by atoms with E-state index in [9.17, 15) is 4.39 Å². The lowest BCUT2D eigenvalue weighted by atomic mass is 10.1. The smallest absolute Gasteiger partial charge is 0.215 e. The molecule has 2 aliphatic heterocycles. The fourth-order valence-electron chi connectivity index (χ4n) is 5.06. The average molecular weight is 537 g/mol. The molecule has 8 nitrogen and oxygen atoms in total. The fourth-order valence-corrected chi connectivity index (χ4v) is 5.22. The first-order chi connectivity index (χ1) is 18.5. The summed E-state index contributed by atoms with van der Waals surface area (Å²) in [4.78, 5) is 19.0. The average Bonchev–Trinajstić information content (AvgIpc) is 3.28. The van der Waals surface area contributed by atoms with Gasteiger partial charge in [-0.05, 0) is 43.7 Å². The molecule has 1 aromatic carbocycles. The highest BCUT2D eigenvalue weighted by atomic mass is 35.5. The van der Waals surface area contributed by atoms with E-state index in [0.29, 0.717) is 16.5 Å². The minimum atomic E-state index is -0.386. The van der Waals surface area contributed by atoms with Gasteiger partial charge in [-0.25, -0.2) is 14.4 Å². The molecule has 0 bridgehead atoms. The van der Waals surface area contributed by atoms with Crippen LogP contribution in [0, 0.1) is 5.82 Å². The maximum absolute atomic E-state index is 14.1. The zero-order chi connectivity index (χ0) is 26.1. The number of pyridine rings is 2. The number of fused-ring (bicyclic) bond motifs is 1. The first-order valence-electron chi connectivity index (χ1n) is 13.0. The van der Waals surface area contributed by atoms with Crippen molar-refractivity contribution >= 4 is 28.6 Å². The molecule has 2 saturated heterocycles. The molecule has 4 aromatic rings. The molecule has 6 rings (SSSR count). The lowest BCUT2D eigenvalue weighted by molar-refractivity contribution is -0.0594. The number of halogens is 2. The van der Waals surface area contributed by atoms with Crippen LogP contribution in [0.4, 0.5) is 10.2 Å². The summed E-state index contributed by atoms with van der Waals surface area (Å²) in [6.45, 7) is 7.33. The predicted octanol–water partition coefficient (Wildman–Crippen LogP) is 4.87. The van der Waals surface area contributed by atoms with E-state index < -0.39 is 0 Å². The molecule has 3 aromatic heterocycles. The zero-order valence-electron chi connectivity index (χ0n) is 21.3. The third-order valence-corrected chi connectivity index (χ3v) is 7.61. The van der Waals surface area contributed by atoms with Crippen LogP contribution in [0.2, 0.25) is 5.02 Å². The van der Waals surface area contributed by atoms with Crippen LogP contribution < -0.4 is 9.64 Å². The van der Waals surface area contributed by atoms with Crippen LogP contribution in [0.5, 0.6) is 5.88 Å². The highest BCUT2D eigenvalue weighted by Gasteiger charge is 2.29. The van der Waals surface area contributed by atoms with E-state index in [1.165, 1.54) is 6.07 Å². The first kappa shape index (κ1) is 25.0. The number of hydrogen-bond acceptors (Lipinski definition) is 7. The lowest BCUT2D eigenvalue weighted by Gasteiger charge is -2.38. The Labute approximate surface area is 226 Å². The molecule has 10 heteroatoms. The number of anilines is 1. The number of benzene rings is 1. The Hall–Kier alpha value is -3.27. The van der Waals surface area contributed by atoms with E-state index in [2.05, 4.69) is 31.3 Å². The van der Waals surface area contributed by atoms with E-state index in [1.807, 2.05) is 30.5 Å². The molecule has 0 unspecified atom stereocenters. The summed E-state index contributed by atoms with van der Waals surface area (Å²) < 4.78 is 27.9. The number of ether oxygens (including phenoxy) is 2. The Morgan fingerprint density at radius 2 is 1.95 bits per heavy atom. The van der Waals surface area contributed by atoms with Gasteiger partial charge in [0.2, 0.25) is 5.88 Å². The van der Waals surface area contributed by atoms with Crippen LogP contribution >= 0.6 is 11.6 Å². The van der Waals surface area contributed by atoms with Crippen molar-refractivity contribution in [1.82, 2.24) is 24.4 Å². The maximum atomic E-state index is 14.1. The summed E-state index contributed by atoms with van der Waals surface area (Å²) in [7, 11) is 0. The minimum absolute atomic E-state index is 0.0898. The summed E-state index contributed by atoms with van der Waals surface area (Å²) >= 11 is 5.85. The van der Waals surface area contributed by atoms with Gasteiger partial charge in [0.25, 0.3) is 0 Å². The summed E-state index contributed by atoms with van der Waals surface area (Å²) in [5.41, 5.74) is 2.28. The van der Waals surface area contributed by atoms with Crippen LogP contribution in [0.15, 0.2) is 54.7 Å². The number of aromatic nitrogens is 4. The monoisotopic (exact) mass is 536 g/mol. The molecule has 198 valence electrons. The van der Waals surface area contributed by atoms with Crippen LogP contribution in [0.3, 0.4) is 0 Å². The topological polar surface area (TPSA) is 68.5 Å². The maximum Gasteiger partial charge on any atom is 0.215 e. The molecule has 0 radical (unpaired) electrons. The zero-order valence-corrected chi connectivity index (χ0v) is 22.0. The SMILES string of the molecule is C[C@@H](c1nc2cccnc2n1C[C@@H]1CCO1)N1CCN(c2cccc(OCc3ccc(Cl)cc3F)n2)CC1. The molecule has 38 heavy (non-hydrogen) atoms. The van der Waals surface area contributed by atoms with E-state index in [4.69, 9.17) is 26.1 Å². The van der Waals surface area contributed by atoms with Gasteiger partial charge in [-0.2, -0.15) is 4.98 Å². The lowest BCUT2D eigenvalue weighted by Crippen LogP contribution is -2.48. The fraction of sp³-hybridized carbons (Fsp3) is 0.393. The van der Waals surface area contributed by atoms with Crippen molar-refractivity contribution in [3.05, 3.63) is 77.0 Å². The number of nitrogens with zero attached hydrogens (tertiary/aromatic N) is 6. The highest BCUT2D eigenvalue weighted by Crippen LogP contribution is 2.28. The molecule has 2 atom stereocenters. The van der Waals surface area contributed by atoms with Gasteiger partial charge >= 0.3 is 0 Å². The second-order valence-electron chi connectivity index (χ2n) is 9.77. The van der Waals surface area contributed by atoms with Gasteiger partial charge in [-0.3, -0.25) is 4.90 Å². The van der Waals surface area contributed by atoms with Crippen molar-refractivity contribution in [3.8, 4) is 5.88 Å². The Kier molecular flexibility index (Phi) is 7.14. The molecule has 5 heterocycles. The van der Waals surface area contributed by atoms with Crippen LogP contribution in [0.25, 0.3) is 11.2 Å². The number of hydrogen-bond donors (Lipinski definition) is 0. The van der Waals surface area contributed by atoms with Crippen molar-refractivity contribution in [2.75, 3.05) is 37.7 Å². The summed E-state index contributed by atoms with van der Waals surface area (Å²) in [6.07, 6.45) is 3.13. The van der Waals surface area contributed by atoms with Gasteiger partial charge in [0, 0.05) is 55.6 Å². The number of piperazine rings is 1. The van der Waals surface area contributed by atoms with Gasteiger partial charge < -0.3 is 18.9 Å². The van der Waals surface area contributed by atoms with Gasteiger partial charge in [-0.15, -0.1) is 0 Å². The van der Waals surface area contributed by atoms with Crippen molar-refractivity contribution in [1.29, 1.82) is 0 Å². The van der Waals surface area contributed by atoms with E-state index >= 15 is 0 Å². The van der Waals surface area contributed by atoms with Crippen LogP contribution in [-0.2, 0) is 17.9 Å². The van der Waals surface area contributed by atoms with E-state index in [0.717, 1.165) is 68.6 Å². The van der Waals surface area contributed by atoms with Crippen molar-refractivity contribution < 1.29 is 13.9 Å². The third kappa shape index (κ3) is 5.18. The largest absolute Gasteiger partial charge is 0.473 e. The second-order valence-corrected chi connectivity index (χ2v) is 10.2. The molecule has 2 fully saturated rings. The Morgan fingerprint density at radius 1 is 1.11 bits per heavy atom. The Morgan fingerprint density at radius 3 is 2.71 bits per heavy atom. The highest BCUT2D eigenvalue weighted by molar-refractivity contribution is 6.30. The first-order valence-corrected chi connectivity index (χ1v) is 13.4. The third-order valence-electron chi connectivity index (χ3n) is 7.37. The molecule has 0 aliphatic carbocycles. The van der Waals surface area contributed by atoms with Crippen LogP contribution in [0.1, 0.15) is 30.8 Å². The van der Waals surface area contributed by atoms with Crippen molar-refractivity contribution in [3.63, 3.8) is 0 Å². The van der Waals surface area contributed by atoms with E-state index in [-0.39, 0.29) is 24.6 Å². The quantitative estimate of drug-likeness (QED) is 0.318. The van der Waals surface area contributed by atoms with Crippen LogP contribution in [-0.4, -0.2) is 63.3 Å². The summed E-state index contributed by atoms with van der Waals surface area (Å²) in [6, 6.07) is 14.4. The molecule has 0 saturated carbocycles. The number of rotatable bonds is 8. The molecule has 0 amide bonds. The molecule has 0 spiro atoms. The normalized spacial score (nSPS) is 18.9. The Balaban J connectivity index is 1.11. The van der Waals surface area contributed by atoms with Crippen molar-refractivity contribution in [2.45, 2.75) is 38.6 Å². The van der Waals surface area contributed by atoms with Gasteiger partial charge in [-0.1, -0.05) is 23.7 Å². The molecular weight excluding hydrogens is 507 g/mol.